The average molecular weight is 302 g/mol. The van der Waals surface area contributed by atoms with Crippen LogP contribution >= 0.6 is 0 Å². The van der Waals surface area contributed by atoms with E-state index >= 15 is 0 Å². The molecule has 1 aromatic carbocycles. The zero-order valence-electron chi connectivity index (χ0n) is 13.4. The molecule has 4 heteroatoms. The Hall–Kier alpha value is -1.84. The number of hydrogen-bond donors (Lipinski definition) is 1. The Kier molecular flexibility index (Phi) is 6.44. The molecule has 1 unspecified atom stereocenters. The highest BCUT2D eigenvalue weighted by Gasteiger charge is 2.25. The Morgan fingerprint density at radius 3 is 2.73 bits per heavy atom. The van der Waals surface area contributed by atoms with E-state index in [0.717, 1.165) is 31.4 Å². The lowest BCUT2D eigenvalue weighted by atomic mass is 10.00. The monoisotopic (exact) mass is 302 g/mol. The Morgan fingerprint density at radius 1 is 1.23 bits per heavy atom. The van der Waals surface area contributed by atoms with Crippen LogP contribution in [0, 0.1) is 0 Å². The van der Waals surface area contributed by atoms with Crippen LogP contribution in [0.25, 0.3) is 0 Å². The standard InChI is InChI=1S/C18H26N2O2/c1-2-16-10-6-7-13-20(16)18(22)14-19-17(21)12-11-15-8-4-3-5-9-15/h3-5,8-9,16H,2,6-7,10-14H2,1H3,(H,19,21). The molecular weight excluding hydrogens is 276 g/mol. The second kappa shape index (κ2) is 8.57. The molecular formula is C18H26N2O2. The molecule has 0 aromatic heterocycles. The Morgan fingerprint density at radius 2 is 2.00 bits per heavy atom. The van der Waals surface area contributed by atoms with Gasteiger partial charge in [-0.2, -0.15) is 0 Å². The van der Waals surface area contributed by atoms with Crippen LogP contribution in [0.2, 0.25) is 0 Å². The number of aryl methyl sites for hydroxylation is 1. The minimum absolute atomic E-state index is 0.0535. The minimum Gasteiger partial charge on any atom is -0.347 e. The third-order valence-corrected chi connectivity index (χ3v) is 4.34. The van der Waals surface area contributed by atoms with Crippen molar-refractivity contribution < 1.29 is 9.59 Å². The van der Waals surface area contributed by atoms with Gasteiger partial charge in [0.25, 0.3) is 0 Å². The Labute approximate surface area is 132 Å². The van der Waals surface area contributed by atoms with Crippen LogP contribution in [-0.4, -0.2) is 35.8 Å². The van der Waals surface area contributed by atoms with E-state index in [0.29, 0.717) is 18.9 Å². The number of hydrogen-bond acceptors (Lipinski definition) is 2. The number of carbonyl (C=O) groups is 2. The third kappa shape index (κ3) is 4.86. The van der Waals surface area contributed by atoms with Gasteiger partial charge in [0.2, 0.25) is 11.8 Å². The number of carbonyl (C=O) groups excluding carboxylic acids is 2. The molecule has 120 valence electrons. The summed E-state index contributed by atoms with van der Waals surface area (Å²) in [5, 5.41) is 2.76. The predicted octanol–water partition coefficient (Wildman–Crippen LogP) is 2.53. The van der Waals surface area contributed by atoms with Crippen molar-refractivity contribution in [1.29, 1.82) is 0 Å². The molecule has 1 atom stereocenters. The van der Waals surface area contributed by atoms with Crippen molar-refractivity contribution >= 4 is 11.8 Å². The van der Waals surface area contributed by atoms with E-state index in [-0.39, 0.29) is 18.4 Å². The minimum atomic E-state index is -0.0535. The fourth-order valence-electron chi connectivity index (χ4n) is 3.02. The summed E-state index contributed by atoms with van der Waals surface area (Å²) in [6, 6.07) is 10.3. The van der Waals surface area contributed by atoms with E-state index in [9.17, 15) is 9.59 Å². The van der Waals surface area contributed by atoms with Crippen LogP contribution in [0.3, 0.4) is 0 Å². The summed E-state index contributed by atoms with van der Waals surface area (Å²) in [6.07, 6.45) is 5.49. The zero-order chi connectivity index (χ0) is 15.8. The van der Waals surface area contributed by atoms with Gasteiger partial charge in [-0.05, 0) is 37.7 Å². The lowest BCUT2D eigenvalue weighted by Crippen LogP contribution is -2.47. The molecule has 2 rings (SSSR count). The number of rotatable bonds is 6. The van der Waals surface area contributed by atoms with E-state index in [1.165, 1.54) is 6.42 Å². The van der Waals surface area contributed by atoms with Crippen molar-refractivity contribution in [1.82, 2.24) is 10.2 Å². The zero-order valence-corrected chi connectivity index (χ0v) is 13.4. The molecule has 22 heavy (non-hydrogen) atoms. The van der Waals surface area contributed by atoms with Gasteiger partial charge >= 0.3 is 0 Å². The van der Waals surface area contributed by atoms with Crippen molar-refractivity contribution in [3.05, 3.63) is 35.9 Å². The highest BCUT2D eigenvalue weighted by atomic mass is 16.2. The van der Waals surface area contributed by atoms with Gasteiger partial charge in [0.05, 0.1) is 6.54 Å². The second-order valence-electron chi connectivity index (χ2n) is 5.91. The van der Waals surface area contributed by atoms with Crippen LogP contribution in [0.1, 0.15) is 44.6 Å². The first kappa shape index (κ1) is 16.5. The summed E-state index contributed by atoms with van der Waals surface area (Å²) in [6.45, 7) is 3.08. The lowest BCUT2D eigenvalue weighted by molar-refractivity contribution is -0.136. The smallest absolute Gasteiger partial charge is 0.242 e. The number of nitrogens with one attached hydrogen (secondary N) is 1. The molecule has 0 radical (unpaired) electrons. The first-order valence-electron chi connectivity index (χ1n) is 8.30. The number of piperidine rings is 1. The van der Waals surface area contributed by atoms with Crippen molar-refractivity contribution in [3.63, 3.8) is 0 Å². The number of nitrogens with zero attached hydrogens (tertiary/aromatic N) is 1. The molecule has 4 nitrogen and oxygen atoms in total. The molecule has 0 bridgehead atoms. The largest absolute Gasteiger partial charge is 0.347 e. The van der Waals surface area contributed by atoms with Crippen molar-refractivity contribution in [2.45, 2.75) is 51.5 Å². The first-order chi connectivity index (χ1) is 10.7. The number of benzene rings is 1. The van der Waals surface area contributed by atoms with E-state index in [4.69, 9.17) is 0 Å². The van der Waals surface area contributed by atoms with Crippen molar-refractivity contribution in [2.24, 2.45) is 0 Å². The summed E-state index contributed by atoms with van der Waals surface area (Å²) in [5.74, 6) is 0.00173. The summed E-state index contributed by atoms with van der Waals surface area (Å²) in [7, 11) is 0. The summed E-state index contributed by atoms with van der Waals surface area (Å²) in [4.78, 5) is 26.1. The van der Waals surface area contributed by atoms with Gasteiger partial charge in [0.15, 0.2) is 0 Å². The molecule has 2 amide bonds. The van der Waals surface area contributed by atoms with Crippen molar-refractivity contribution in [2.75, 3.05) is 13.1 Å². The number of likely N-dealkylation sites (tertiary alicyclic amines) is 1. The lowest BCUT2D eigenvalue weighted by Gasteiger charge is -2.35. The maximum atomic E-state index is 12.3. The number of amides is 2. The molecule has 1 N–H and O–H groups in total. The van der Waals surface area contributed by atoms with Gasteiger partial charge in [0, 0.05) is 19.0 Å². The fraction of sp³-hybridized carbons (Fsp3) is 0.556. The van der Waals surface area contributed by atoms with Gasteiger partial charge in [-0.1, -0.05) is 37.3 Å². The van der Waals surface area contributed by atoms with Gasteiger partial charge < -0.3 is 10.2 Å². The van der Waals surface area contributed by atoms with Crippen LogP contribution in [-0.2, 0) is 16.0 Å². The maximum Gasteiger partial charge on any atom is 0.242 e. The molecule has 1 fully saturated rings. The maximum absolute atomic E-state index is 12.3. The van der Waals surface area contributed by atoms with Crippen LogP contribution in [0.15, 0.2) is 30.3 Å². The van der Waals surface area contributed by atoms with Gasteiger partial charge in [0.1, 0.15) is 0 Å². The molecule has 0 saturated carbocycles. The summed E-state index contributed by atoms with van der Waals surface area (Å²) in [5.41, 5.74) is 1.14. The van der Waals surface area contributed by atoms with Gasteiger partial charge in [-0.3, -0.25) is 9.59 Å². The summed E-state index contributed by atoms with van der Waals surface area (Å²) < 4.78 is 0. The molecule has 1 aliphatic heterocycles. The molecule has 0 spiro atoms. The Bertz CT molecular complexity index is 487. The summed E-state index contributed by atoms with van der Waals surface area (Å²) >= 11 is 0. The average Bonchev–Trinajstić information content (AvgIpc) is 2.58. The Balaban J connectivity index is 1.72. The molecule has 1 aromatic rings. The predicted molar refractivity (Wildman–Crippen MR) is 87.4 cm³/mol. The van der Waals surface area contributed by atoms with Gasteiger partial charge in [-0.25, -0.2) is 0 Å². The highest BCUT2D eigenvalue weighted by molar-refractivity contribution is 5.85. The SMILES string of the molecule is CCC1CCCCN1C(=O)CNC(=O)CCc1ccccc1. The van der Waals surface area contributed by atoms with Crippen molar-refractivity contribution in [3.8, 4) is 0 Å². The van der Waals surface area contributed by atoms with E-state index in [2.05, 4.69) is 12.2 Å². The molecule has 0 aliphatic carbocycles. The molecule has 1 heterocycles. The van der Waals surface area contributed by atoms with Crippen LogP contribution in [0.5, 0.6) is 0 Å². The van der Waals surface area contributed by atoms with E-state index in [1.807, 2.05) is 35.2 Å². The van der Waals surface area contributed by atoms with Gasteiger partial charge in [-0.15, -0.1) is 0 Å². The second-order valence-corrected chi connectivity index (χ2v) is 5.91. The topological polar surface area (TPSA) is 49.4 Å². The first-order valence-corrected chi connectivity index (χ1v) is 8.30. The van der Waals surface area contributed by atoms with E-state index < -0.39 is 0 Å². The van der Waals surface area contributed by atoms with Crippen LogP contribution < -0.4 is 5.32 Å². The normalized spacial score (nSPS) is 18.0. The third-order valence-electron chi connectivity index (χ3n) is 4.34. The fourth-order valence-corrected chi connectivity index (χ4v) is 3.02. The van der Waals surface area contributed by atoms with Crippen LogP contribution in [0.4, 0.5) is 0 Å². The molecule has 1 aliphatic rings. The highest BCUT2D eigenvalue weighted by Crippen LogP contribution is 2.19. The molecule has 1 saturated heterocycles. The van der Waals surface area contributed by atoms with E-state index in [1.54, 1.807) is 0 Å². The quantitative estimate of drug-likeness (QED) is 0.878.